The zero-order chi connectivity index (χ0) is 19.6. The van der Waals surface area contributed by atoms with Gasteiger partial charge >= 0.3 is 0 Å². The highest BCUT2D eigenvalue weighted by molar-refractivity contribution is 5.92. The number of amides is 1. The second-order valence-corrected chi connectivity index (χ2v) is 6.97. The Bertz CT molecular complexity index is 1130. The second kappa shape index (κ2) is 7.31. The monoisotopic (exact) mass is 386 g/mol. The zero-order valence-corrected chi connectivity index (χ0v) is 15.5. The van der Waals surface area contributed by atoms with Gasteiger partial charge in [0.1, 0.15) is 17.8 Å². The van der Waals surface area contributed by atoms with Crippen LogP contribution in [0.3, 0.4) is 0 Å². The van der Waals surface area contributed by atoms with Gasteiger partial charge in [-0.3, -0.25) is 9.36 Å². The molecule has 1 amide bonds. The Hall–Kier alpha value is -3.81. The lowest BCUT2D eigenvalue weighted by Gasteiger charge is -2.03. The first-order chi connectivity index (χ1) is 14.3. The van der Waals surface area contributed by atoms with Crippen molar-refractivity contribution in [3.8, 4) is 17.3 Å². The molecule has 1 aliphatic carbocycles. The number of nitrogens with zero attached hydrogens (tertiary/aromatic N) is 5. The smallest absolute Gasteiger partial charge is 0.271 e. The molecule has 3 aromatic heterocycles. The van der Waals surface area contributed by atoms with Gasteiger partial charge in [0.05, 0.1) is 5.56 Å². The average Bonchev–Trinajstić information content (AvgIpc) is 3.29. The summed E-state index contributed by atoms with van der Waals surface area (Å²) in [5.41, 5.74) is 2.12. The number of imidazole rings is 1. The molecule has 1 saturated carbocycles. The first kappa shape index (κ1) is 17.3. The lowest BCUT2D eigenvalue weighted by atomic mass is 10.2. The van der Waals surface area contributed by atoms with E-state index in [9.17, 15) is 4.79 Å². The Morgan fingerprint density at radius 3 is 2.76 bits per heavy atom. The highest BCUT2D eigenvalue weighted by Crippen LogP contribution is 2.38. The summed E-state index contributed by atoms with van der Waals surface area (Å²) in [7, 11) is 0. The third-order valence-corrected chi connectivity index (χ3v) is 4.75. The summed E-state index contributed by atoms with van der Waals surface area (Å²) < 4.78 is 7.02. The third kappa shape index (κ3) is 3.77. The van der Waals surface area contributed by atoms with Gasteiger partial charge in [-0.25, -0.2) is 9.97 Å². The number of aromatic nitrogens is 5. The van der Waals surface area contributed by atoms with E-state index < -0.39 is 0 Å². The molecule has 5 rings (SSSR count). The lowest BCUT2D eigenvalue weighted by molar-refractivity contribution is 0.0946. The number of carbonyl (C=O) groups is 1. The molecule has 29 heavy (non-hydrogen) atoms. The molecule has 1 fully saturated rings. The number of carbonyl (C=O) groups excluding carboxylic acids is 1. The molecule has 0 saturated heterocycles. The number of hydrogen-bond donors (Lipinski definition) is 1. The van der Waals surface area contributed by atoms with Gasteiger partial charge in [0, 0.05) is 24.9 Å². The van der Waals surface area contributed by atoms with E-state index in [1.807, 2.05) is 42.5 Å². The van der Waals surface area contributed by atoms with Crippen molar-refractivity contribution in [3.05, 3.63) is 78.3 Å². The second-order valence-electron chi connectivity index (χ2n) is 6.97. The Morgan fingerprint density at radius 1 is 1.14 bits per heavy atom. The molecule has 0 unspecified atom stereocenters. The maximum Gasteiger partial charge on any atom is 0.271 e. The largest absolute Gasteiger partial charge is 0.347 e. The van der Waals surface area contributed by atoms with Crippen molar-refractivity contribution in [3.63, 3.8) is 0 Å². The van der Waals surface area contributed by atoms with Gasteiger partial charge in [-0.2, -0.15) is 4.98 Å². The number of pyridine rings is 1. The highest BCUT2D eigenvalue weighted by Gasteiger charge is 2.29. The molecule has 144 valence electrons. The number of hydrogen-bond acceptors (Lipinski definition) is 6. The number of benzene rings is 1. The number of nitrogens with one attached hydrogen (secondary N) is 1. The van der Waals surface area contributed by atoms with Gasteiger partial charge in [0.15, 0.2) is 5.82 Å². The van der Waals surface area contributed by atoms with Crippen LogP contribution in [0.25, 0.3) is 17.3 Å². The van der Waals surface area contributed by atoms with Crippen LogP contribution in [0, 0.1) is 0 Å². The van der Waals surface area contributed by atoms with Crippen LogP contribution in [-0.4, -0.2) is 30.6 Å². The van der Waals surface area contributed by atoms with Crippen LogP contribution in [0.15, 0.2) is 65.7 Å². The van der Waals surface area contributed by atoms with E-state index in [0.29, 0.717) is 29.9 Å². The summed E-state index contributed by atoms with van der Waals surface area (Å²) in [4.78, 5) is 25.4. The Labute approximate surface area is 166 Å². The standard InChI is InChI=1S/C21H18N6O2/c28-20(23-10-14-4-2-1-3-5-14)17-12-27(13-24-17)18-9-8-16(11-22-18)21-25-19(26-29-21)15-6-7-15/h1-5,8-9,11-13,15H,6-7,10H2,(H,23,28). The molecule has 0 spiro atoms. The summed E-state index contributed by atoms with van der Waals surface area (Å²) in [6, 6.07) is 13.4. The Kier molecular flexibility index (Phi) is 4.36. The van der Waals surface area contributed by atoms with E-state index in [0.717, 1.165) is 29.8 Å². The summed E-state index contributed by atoms with van der Waals surface area (Å²) in [5, 5.41) is 6.89. The van der Waals surface area contributed by atoms with Crippen molar-refractivity contribution >= 4 is 5.91 Å². The van der Waals surface area contributed by atoms with Crippen LogP contribution in [0.5, 0.6) is 0 Å². The first-order valence-corrected chi connectivity index (χ1v) is 9.43. The molecule has 0 bridgehead atoms. The molecule has 1 aliphatic rings. The van der Waals surface area contributed by atoms with Crippen molar-refractivity contribution in [2.24, 2.45) is 0 Å². The maximum absolute atomic E-state index is 12.3. The average molecular weight is 386 g/mol. The Morgan fingerprint density at radius 2 is 2.00 bits per heavy atom. The van der Waals surface area contributed by atoms with Crippen molar-refractivity contribution in [1.82, 2.24) is 30.0 Å². The van der Waals surface area contributed by atoms with E-state index in [-0.39, 0.29) is 5.91 Å². The summed E-state index contributed by atoms with van der Waals surface area (Å²) in [5.74, 6) is 2.09. The van der Waals surface area contributed by atoms with Crippen LogP contribution in [0.4, 0.5) is 0 Å². The fraction of sp³-hybridized carbons (Fsp3) is 0.190. The van der Waals surface area contributed by atoms with Crippen LogP contribution in [0.1, 0.15) is 40.6 Å². The predicted octanol–water partition coefficient (Wildman–Crippen LogP) is 3.12. The van der Waals surface area contributed by atoms with E-state index in [1.165, 1.54) is 0 Å². The quantitative estimate of drug-likeness (QED) is 0.547. The van der Waals surface area contributed by atoms with Gasteiger partial charge in [0.25, 0.3) is 11.8 Å². The first-order valence-electron chi connectivity index (χ1n) is 9.43. The van der Waals surface area contributed by atoms with Gasteiger partial charge in [-0.05, 0) is 30.5 Å². The van der Waals surface area contributed by atoms with E-state index in [1.54, 1.807) is 23.3 Å². The molecule has 8 heteroatoms. The molecule has 8 nitrogen and oxygen atoms in total. The van der Waals surface area contributed by atoms with E-state index in [4.69, 9.17) is 4.52 Å². The van der Waals surface area contributed by atoms with Gasteiger partial charge in [0.2, 0.25) is 0 Å². The molecule has 0 aliphatic heterocycles. The van der Waals surface area contributed by atoms with Crippen molar-refractivity contribution < 1.29 is 9.32 Å². The van der Waals surface area contributed by atoms with Gasteiger partial charge in [-0.15, -0.1) is 0 Å². The normalized spacial score (nSPS) is 13.4. The van der Waals surface area contributed by atoms with Crippen LogP contribution < -0.4 is 5.32 Å². The molecule has 4 aromatic rings. The highest BCUT2D eigenvalue weighted by atomic mass is 16.5. The fourth-order valence-corrected chi connectivity index (χ4v) is 2.96. The van der Waals surface area contributed by atoms with E-state index >= 15 is 0 Å². The Balaban J connectivity index is 1.26. The molecule has 0 atom stereocenters. The molecule has 1 N–H and O–H groups in total. The van der Waals surface area contributed by atoms with Crippen LogP contribution in [0.2, 0.25) is 0 Å². The van der Waals surface area contributed by atoms with Crippen LogP contribution in [-0.2, 0) is 6.54 Å². The topological polar surface area (TPSA) is 98.7 Å². The molecular weight excluding hydrogens is 368 g/mol. The van der Waals surface area contributed by atoms with Crippen molar-refractivity contribution in [2.75, 3.05) is 0 Å². The third-order valence-electron chi connectivity index (χ3n) is 4.75. The predicted molar refractivity (Wildman–Crippen MR) is 104 cm³/mol. The van der Waals surface area contributed by atoms with Gasteiger partial charge < -0.3 is 9.84 Å². The summed E-state index contributed by atoms with van der Waals surface area (Å²) >= 11 is 0. The molecule has 1 aromatic carbocycles. The minimum atomic E-state index is -0.234. The SMILES string of the molecule is O=C(NCc1ccccc1)c1cn(-c2ccc(-c3nc(C4CC4)no3)cn2)cn1. The summed E-state index contributed by atoms with van der Waals surface area (Å²) in [6.07, 6.45) is 7.14. The number of rotatable bonds is 6. The lowest BCUT2D eigenvalue weighted by Crippen LogP contribution is -2.23. The maximum atomic E-state index is 12.3. The van der Waals surface area contributed by atoms with Crippen molar-refractivity contribution in [1.29, 1.82) is 0 Å². The van der Waals surface area contributed by atoms with Crippen LogP contribution >= 0.6 is 0 Å². The van der Waals surface area contributed by atoms with E-state index in [2.05, 4.69) is 25.4 Å². The summed E-state index contributed by atoms with van der Waals surface area (Å²) in [6.45, 7) is 0.451. The van der Waals surface area contributed by atoms with Crippen molar-refractivity contribution in [2.45, 2.75) is 25.3 Å². The fourth-order valence-electron chi connectivity index (χ4n) is 2.96. The minimum absolute atomic E-state index is 0.234. The molecule has 3 heterocycles. The minimum Gasteiger partial charge on any atom is -0.347 e. The molecular formula is C21H18N6O2. The van der Waals surface area contributed by atoms with Gasteiger partial charge in [-0.1, -0.05) is 35.5 Å². The molecule has 0 radical (unpaired) electrons. The zero-order valence-electron chi connectivity index (χ0n) is 15.5.